The van der Waals surface area contributed by atoms with Gasteiger partial charge in [0.25, 0.3) is 0 Å². The van der Waals surface area contributed by atoms with Gasteiger partial charge in [0.1, 0.15) is 0 Å². The van der Waals surface area contributed by atoms with Crippen molar-refractivity contribution in [3.63, 3.8) is 0 Å². The van der Waals surface area contributed by atoms with E-state index in [4.69, 9.17) is 9.47 Å². The van der Waals surface area contributed by atoms with Crippen LogP contribution in [0.15, 0.2) is 47.7 Å². The van der Waals surface area contributed by atoms with Gasteiger partial charge in [-0.05, 0) is 41.2 Å². The van der Waals surface area contributed by atoms with Crippen LogP contribution in [-0.4, -0.2) is 23.7 Å². The summed E-state index contributed by atoms with van der Waals surface area (Å²) in [6.07, 6.45) is 1.25. The first-order valence-corrected chi connectivity index (χ1v) is 9.62. The second-order valence-corrected chi connectivity index (χ2v) is 8.61. The minimum Gasteiger partial charge on any atom is -0.478 e. The third-order valence-corrected chi connectivity index (χ3v) is 5.84. The maximum atomic E-state index is 13.2. The van der Waals surface area contributed by atoms with E-state index >= 15 is 0 Å². The molecular formula is C23H21NO5. The number of carboxylic acids is 1. The number of carbonyl (C=O) groups is 2. The minimum absolute atomic E-state index is 0.117. The van der Waals surface area contributed by atoms with Crippen molar-refractivity contribution in [3.05, 3.63) is 64.4 Å². The van der Waals surface area contributed by atoms with Crippen molar-refractivity contribution in [3.8, 4) is 11.5 Å². The first-order chi connectivity index (χ1) is 13.8. The van der Waals surface area contributed by atoms with Crippen molar-refractivity contribution in [1.82, 2.24) is 0 Å². The molecule has 0 unspecified atom stereocenters. The number of ether oxygens (including phenoxy) is 2. The summed E-state index contributed by atoms with van der Waals surface area (Å²) in [6, 6.07) is 10.6. The van der Waals surface area contributed by atoms with E-state index in [1.54, 1.807) is 24.3 Å². The molecular weight excluding hydrogens is 370 g/mol. The molecule has 2 aliphatic heterocycles. The summed E-state index contributed by atoms with van der Waals surface area (Å²) in [5.74, 6) is 0.217. The number of anilines is 1. The minimum atomic E-state index is -0.971. The van der Waals surface area contributed by atoms with Gasteiger partial charge in [0.15, 0.2) is 17.3 Å². The van der Waals surface area contributed by atoms with E-state index in [9.17, 15) is 14.7 Å². The molecule has 1 atom stereocenters. The van der Waals surface area contributed by atoms with Gasteiger partial charge in [-0.15, -0.1) is 0 Å². The van der Waals surface area contributed by atoms with Crippen LogP contribution in [0, 0.1) is 5.41 Å². The molecule has 5 rings (SSSR count). The van der Waals surface area contributed by atoms with E-state index < -0.39 is 5.97 Å². The Bertz CT molecular complexity index is 1080. The monoisotopic (exact) mass is 391 g/mol. The molecule has 0 saturated heterocycles. The van der Waals surface area contributed by atoms with E-state index in [2.05, 4.69) is 19.2 Å². The highest BCUT2D eigenvalue weighted by Gasteiger charge is 2.41. The zero-order valence-corrected chi connectivity index (χ0v) is 16.2. The first-order valence-electron chi connectivity index (χ1n) is 9.62. The Morgan fingerprint density at radius 2 is 1.79 bits per heavy atom. The van der Waals surface area contributed by atoms with Crippen LogP contribution in [0.1, 0.15) is 54.1 Å². The molecule has 0 radical (unpaired) electrons. The lowest BCUT2D eigenvalue weighted by atomic mass is 9.68. The SMILES string of the molecule is CC1(C)CC(=O)C2=C(C1)Nc1cc3c(cc1[C@H]2c1ccc(C(=O)O)cc1)OCO3. The molecule has 0 fully saturated rings. The maximum absolute atomic E-state index is 13.2. The fourth-order valence-corrected chi connectivity index (χ4v) is 4.57. The largest absolute Gasteiger partial charge is 0.478 e. The van der Waals surface area contributed by atoms with Gasteiger partial charge < -0.3 is 19.9 Å². The highest BCUT2D eigenvalue weighted by Crippen LogP contribution is 2.51. The van der Waals surface area contributed by atoms with Crippen LogP contribution < -0.4 is 14.8 Å². The summed E-state index contributed by atoms with van der Waals surface area (Å²) >= 11 is 0. The number of aromatic carboxylic acids is 1. The molecule has 0 amide bonds. The summed E-state index contributed by atoms with van der Waals surface area (Å²) < 4.78 is 11.1. The average Bonchev–Trinajstić information content (AvgIpc) is 3.11. The second-order valence-electron chi connectivity index (χ2n) is 8.61. The van der Waals surface area contributed by atoms with Crippen LogP contribution in [0.3, 0.4) is 0 Å². The Labute approximate surface area is 168 Å². The van der Waals surface area contributed by atoms with Crippen molar-refractivity contribution < 1.29 is 24.2 Å². The molecule has 3 aliphatic rings. The molecule has 2 aromatic carbocycles. The van der Waals surface area contributed by atoms with Crippen LogP contribution in [-0.2, 0) is 4.79 Å². The molecule has 6 nitrogen and oxygen atoms in total. The number of Topliss-reactive ketones (excluding diaryl/α,β-unsaturated/α-hetero) is 1. The van der Waals surface area contributed by atoms with Gasteiger partial charge in [0, 0.05) is 35.4 Å². The van der Waals surface area contributed by atoms with E-state index in [1.807, 2.05) is 12.1 Å². The van der Waals surface area contributed by atoms with Crippen molar-refractivity contribution in [2.24, 2.45) is 5.41 Å². The number of fused-ring (bicyclic) bond motifs is 2. The number of carbonyl (C=O) groups excluding carboxylic acids is 1. The topological polar surface area (TPSA) is 84.9 Å². The number of rotatable bonds is 2. The second kappa shape index (κ2) is 6.11. The lowest BCUT2D eigenvalue weighted by molar-refractivity contribution is -0.118. The number of benzene rings is 2. The smallest absolute Gasteiger partial charge is 0.335 e. The fraction of sp³-hybridized carbons (Fsp3) is 0.304. The quantitative estimate of drug-likeness (QED) is 0.793. The van der Waals surface area contributed by atoms with Gasteiger partial charge in [0.05, 0.1) is 5.56 Å². The summed E-state index contributed by atoms with van der Waals surface area (Å²) in [6.45, 7) is 4.37. The highest BCUT2D eigenvalue weighted by atomic mass is 16.7. The summed E-state index contributed by atoms with van der Waals surface area (Å²) in [4.78, 5) is 24.5. The third-order valence-electron chi connectivity index (χ3n) is 5.84. The van der Waals surface area contributed by atoms with Crippen LogP contribution in [0.25, 0.3) is 0 Å². The third kappa shape index (κ3) is 2.87. The number of nitrogens with one attached hydrogen (secondary N) is 1. The standard InChI is InChI=1S/C23H21NO5/c1-23(2)9-16-21(17(25)10-23)20(12-3-5-13(6-4-12)22(26)27)14-7-18-19(29-11-28-18)8-15(14)24-16/h3-8,20,24H,9-11H2,1-2H3,(H,26,27)/t20-/m1/s1. The maximum Gasteiger partial charge on any atom is 0.335 e. The fourth-order valence-electron chi connectivity index (χ4n) is 4.57. The summed E-state index contributed by atoms with van der Waals surface area (Å²) in [5.41, 5.74) is 4.52. The molecule has 0 bridgehead atoms. The molecule has 2 aromatic rings. The Morgan fingerprint density at radius 3 is 2.48 bits per heavy atom. The van der Waals surface area contributed by atoms with Gasteiger partial charge in [-0.25, -0.2) is 4.79 Å². The van der Waals surface area contributed by atoms with Gasteiger partial charge >= 0.3 is 5.97 Å². The van der Waals surface area contributed by atoms with Crippen molar-refractivity contribution in [2.45, 2.75) is 32.6 Å². The Kier molecular flexibility index (Phi) is 3.75. The lowest BCUT2D eigenvalue weighted by Gasteiger charge is -2.39. The van der Waals surface area contributed by atoms with Crippen molar-refractivity contribution in [1.29, 1.82) is 0 Å². The van der Waals surface area contributed by atoms with E-state index in [-0.39, 0.29) is 29.5 Å². The predicted octanol–water partition coefficient (Wildman–Crippen LogP) is 4.31. The lowest BCUT2D eigenvalue weighted by Crippen LogP contribution is -2.33. The zero-order chi connectivity index (χ0) is 20.3. The van der Waals surface area contributed by atoms with Gasteiger partial charge in [-0.2, -0.15) is 0 Å². The predicted molar refractivity (Wildman–Crippen MR) is 106 cm³/mol. The molecule has 2 N–H and O–H groups in total. The molecule has 0 spiro atoms. The molecule has 1 aliphatic carbocycles. The van der Waals surface area contributed by atoms with E-state index in [0.717, 1.165) is 34.5 Å². The summed E-state index contributed by atoms with van der Waals surface area (Å²) in [7, 11) is 0. The molecule has 0 saturated carbocycles. The van der Waals surface area contributed by atoms with Crippen molar-refractivity contribution in [2.75, 3.05) is 12.1 Å². The number of allylic oxidation sites excluding steroid dienone is 2. The molecule has 2 heterocycles. The Balaban J connectivity index is 1.70. The van der Waals surface area contributed by atoms with Crippen molar-refractivity contribution >= 4 is 17.4 Å². The number of hydrogen-bond donors (Lipinski definition) is 2. The molecule has 29 heavy (non-hydrogen) atoms. The van der Waals surface area contributed by atoms with Gasteiger partial charge in [-0.1, -0.05) is 26.0 Å². The molecule has 0 aromatic heterocycles. The average molecular weight is 391 g/mol. The van der Waals surface area contributed by atoms with Gasteiger partial charge in [0.2, 0.25) is 6.79 Å². The van der Waals surface area contributed by atoms with Crippen LogP contribution in [0.2, 0.25) is 0 Å². The number of carboxylic acid groups (broad SMARTS) is 1. The highest BCUT2D eigenvalue weighted by molar-refractivity contribution is 6.02. The molecule has 6 heteroatoms. The Morgan fingerprint density at radius 1 is 1.10 bits per heavy atom. The first kappa shape index (κ1) is 17.8. The number of hydrogen-bond acceptors (Lipinski definition) is 5. The number of ketones is 1. The summed E-state index contributed by atoms with van der Waals surface area (Å²) in [5, 5.41) is 12.7. The zero-order valence-electron chi connectivity index (χ0n) is 16.2. The van der Waals surface area contributed by atoms with Crippen LogP contribution in [0.5, 0.6) is 11.5 Å². The normalized spacial score (nSPS) is 21.3. The van der Waals surface area contributed by atoms with Gasteiger partial charge in [-0.3, -0.25) is 4.79 Å². The van der Waals surface area contributed by atoms with E-state index in [1.165, 1.54) is 0 Å². The Hall–Kier alpha value is -3.28. The van der Waals surface area contributed by atoms with E-state index in [0.29, 0.717) is 17.9 Å². The van der Waals surface area contributed by atoms with Crippen LogP contribution >= 0.6 is 0 Å². The molecule has 148 valence electrons. The van der Waals surface area contributed by atoms with Crippen LogP contribution in [0.4, 0.5) is 5.69 Å².